The van der Waals surface area contributed by atoms with E-state index in [0.29, 0.717) is 12.5 Å². The highest BCUT2D eigenvalue weighted by atomic mass is 16.5. The van der Waals surface area contributed by atoms with Gasteiger partial charge >= 0.3 is 0 Å². The Balaban J connectivity index is 1.77. The molecule has 0 aliphatic heterocycles. The average Bonchev–Trinajstić information content (AvgIpc) is 3.02. The maximum atomic E-state index is 5.25. The summed E-state index contributed by atoms with van der Waals surface area (Å²) in [7, 11) is 5.32. The highest BCUT2D eigenvalue weighted by molar-refractivity contribution is 5.75. The number of para-hydroxylation sites is 2. The van der Waals surface area contributed by atoms with Crippen molar-refractivity contribution in [1.82, 2.24) is 19.5 Å². The molecule has 0 amide bonds. The number of hydrogen-bond acceptors (Lipinski definition) is 6. The number of ether oxygens (including phenoxy) is 2. The Bertz CT molecular complexity index is 833. The van der Waals surface area contributed by atoms with Gasteiger partial charge in [-0.05, 0) is 12.1 Å². The number of imidazole rings is 1. The van der Waals surface area contributed by atoms with Gasteiger partial charge in [-0.25, -0.2) is 15.0 Å². The molecular formula is C18H23N5O2. The molecular weight excluding hydrogens is 318 g/mol. The molecule has 132 valence electrons. The second kappa shape index (κ2) is 7.94. The van der Waals surface area contributed by atoms with Gasteiger partial charge in [0.2, 0.25) is 5.88 Å². The molecule has 7 nitrogen and oxygen atoms in total. The number of fused-ring (bicyclic) bond motifs is 1. The Morgan fingerprint density at radius 2 is 2.00 bits per heavy atom. The summed E-state index contributed by atoms with van der Waals surface area (Å²) in [6, 6.07) is 10.0. The van der Waals surface area contributed by atoms with Crippen molar-refractivity contribution < 1.29 is 9.47 Å². The maximum absolute atomic E-state index is 5.25. The van der Waals surface area contributed by atoms with E-state index in [1.807, 2.05) is 31.3 Å². The van der Waals surface area contributed by atoms with E-state index >= 15 is 0 Å². The summed E-state index contributed by atoms with van der Waals surface area (Å²) in [6.45, 7) is 2.24. The molecule has 3 rings (SSSR count). The van der Waals surface area contributed by atoms with Crippen LogP contribution in [0.25, 0.3) is 11.0 Å². The van der Waals surface area contributed by atoms with Crippen LogP contribution < -0.4 is 9.64 Å². The molecule has 0 saturated heterocycles. The number of benzene rings is 1. The standard InChI is InChI=1S/C18H23N5O2/c1-22(17-12-18(25-3)20-13-19-17)9-8-16-21-14-6-4-5-7-15(14)23(16)10-11-24-2/h4-7,12-13H,8-11H2,1-3H3. The Kier molecular flexibility index (Phi) is 5.45. The minimum atomic E-state index is 0.559. The summed E-state index contributed by atoms with van der Waals surface area (Å²) < 4.78 is 12.6. The Labute approximate surface area is 147 Å². The van der Waals surface area contributed by atoms with Crippen molar-refractivity contribution >= 4 is 16.9 Å². The lowest BCUT2D eigenvalue weighted by atomic mass is 10.3. The molecule has 0 radical (unpaired) electrons. The van der Waals surface area contributed by atoms with Gasteiger partial charge in [0.25, 0.3) is 0 Å². The monoisotopic (exact) mass is 341 g/mol. The van der Waals surface area contributed by atoms with Gasteiger partial charge in [0.15, 0.2) is 0 Å². The molecule has 0 atom stereocenters. The SMILES string of the molecule is COCCn1c(CCN(C)c2cc(OC)ncn2)nc2ccccc21. The number of nitrogens with zero attached hydrogens (tertiary/aromatic N) is 5. The van der Waals surface area contributed by atoms with Gasteiger partial charge < -0.3 is 18.9 Å². The van der Waals surface area contributed by atoms with Gasteiger partial charge in [-0.15, -0.1) is 0 Å². The lowest BCUT2D eigenvalue weighted by Crippen LogP contribution is -2.23. The van der Waals surface area contributed by atoms with E-state index in [4.69, 9.17) is 14.5 Å². The summed E-state index contributed by atoms with van der Waals surface area (Å²) in [4.78, 5) is 15.2. The van der Waals surface area contributed by atoms with E-state index in [1.54, 1.807) is 14.2 Å². The molecule has 0 aliphatic carbocycles. The molecule has 0 fully saturated rings. The van der Waals surface area contributed by atoms with Crippen LogP contribution in [0.4, 0.5) is 5.82 Å². The average molecular weight is 341 g/mol. The summed E-state index contributed by atoms with van der Waals surface area (Å²) >= 11 is 0. The van der Waals surface area contributed by atoms with Crippen LogP contribution in [0, 0.1) is 0 Å². The van der Waals surface area contributed by atoms with Crippen molar-refractivity contribution in [1.29, 1.82) is 0 Å². The molecule has 2 aromatic heterocycles. The first-order chi connectivity index (χ1) is 12.2. The molecule has 0 spiro atoms. The maximum Gasteiger partial charge on any atom is 0.218 e. The largest absolute Gasteiger partial charge is 0.481 e. The first kappa shape index (κ1) is 17.2. The van der Waals surface area contributed by atoms with Gasteiger partial charge in [-0.2, -0.15) is 0 Å². The summed E-state index contributed by atoms with van der Waals surface area (Å²) in [5.74, 6) is 2.43. The normalized spacial score (nSPS) is 11.0. The number of rotatable bonds is 8. The van der Waals surface area contributed by atoms with Gasteiger partial charge in [-0.1, -0.05) is 12.1 Å². The third-order valence-electron chi connectivity index (χ3n) is 4.15. The van der Waals surface area contributed by atoms with Crippen molar-refractivity contribution in [2.75, 3.05) is 39.3 Å². The molecule has 3 aromatic rings. The lowest BCUT2D eigenvalue weighted by Gasteiger charge is -2.18. The van der Waals surface area contributed by atoms with Crippen LogP contribution in [-0.2, 0) is 17.7 Å². The predicted octanol–water partition coefficient (Wildman–Crippen LogP) is 2.16. The fraction of sp³-hybridized carbons (Fsp3) is 0.389. The number of anilines is 1. The quantitative estimate of drug-likeness (QED) is 0.625. The molecule has 0 bridgehead atoms. The van der Waals surface area contributed by atoms with E-state index in [9.17, 15) is 0 Å². The summed E-state index contributed by atoms with van der Waals surface area (Å²) in [5.41, 5.74) is 2.15. The van der Waals surface area contributed by atoms with E-state index < -0.39 is 0 Å². The van der Waals surface area contributed by atoms with Gasteiger partial charge in [0, 0.05) is 39.7 Å². The summed E-state index contributed by atoms with van der Waals surface area (Å²) in [5, 5.41) is 0. The van der Waals surface area contributed by atoms with Crippen LogP contribution in [0.1, 0.15) is 5.82 Å². The predicted molar refractivity (Wildman–Crippen MR) is 97.2 cm³/mol. The van der Waals surface area contributed by atoms with Crippen molar-refractivity contribution in [3.8, 4) is 5.88 Å². The zero-order valence-electron chi connectivity index (χ0n) is 14.8. The highest BCUT2D eigenvalue weighted by Crippen LogP contribution is 2.18. The molecule has 2 heterocycles. The third kappa shape index (κ3) is 3.88. The number of hydrogen-bond donors (Lipinski definition) is 0. The van der Waals surface area contributed by atoms with Crippen molar-refractivity contribution in [2.24, 2.45) is 0 Å². The first-order valence-corrected chi connectivity index (χ1v) is 8.23. The van der Waals surface area contributed by atoms with Crippen LogP contribution in [0.2, 0.25) is 0 Å². The van der Waals surface area contributed by atoms with Crippen LogP contribution in [0.15, 0.2) is 36.7 Å². The smallest absolute Gasteiger partial charge is 0.218 e. The van der Waals surface area contributed by atoms with Crippen molar-refractivity contribution in [3.63, 3.8) is 0 Å². The molecule has 0 aliphatic rings. The number of aromatic nitrogens is 4. The molecule has 1 aromatic carbocycles. The van der Waals surface area contributed by atoms with Crippen LogP contribution in [-0.4, -0.2) is 53.9 Å². The molecule has 0 saturated carbocycles. The fourth-order valence-electron chi connectivity index (χ4n) is 2.78. The Morgan fingerprint density at radius 1 is 1.16 bits per heavy atom. The molecule has 25 heavy (non-hydrogen) atoms. The van der Waals surface area contributed by atoms with Gasteiger partial charge in [0.05, 0.1) is 24.8 Å². The second-order valence-corrected chi connectivity index (χ2v) is 5.75. The molecule has 0 unspecified atom stereocenters. The second-order valence-electron chi connectivity index (χ2n) is 5.75. The van der Waals surface area contributed by atoms with E-state index in [1.165, 1.54) is 6.33 Å². The van der Waals surface area contributed by atoms with Gasteiger partial charge in [-0.3, -0.25) is 0 Å². The van der Waals surface area contributed by atoms with Crippen LogP contribution in [0.3, 0.4) is 0 Å². The van der Waals surface area contributed by atoms with E-state index in [-0.39, 0.29) is 0 Å². The molecule has 7 heteroatoms. The van der Waals surface area contributed by atoms with Crippen molar-refractivity contribution in [2.45, 2.75) is 13.0 Å². The Morgan fingerprint density at radius 3 is 2.80 bits per heavy atom. The van der Waals surface area contributed by atoms with E-state index in [2.05, 4.69) is 25.5 Å². The topological polar surface area (TPSA) is 65.3 Å². The van der Waals surface area contributed by atoms with E-state index in [0.717, 1.165) is 42.2 Å². The van der Waals surface area contributed by atoms with Crippen LogP contribution >= 0.6 is 0 Å². The van der Waals surface area contributed by atoms with Crippen molar-refractivity contribution in [3.05, 3.63) is 42.5 Å². The first-order valence-electron chi connectivity index (χ1n) is 8.23. The van der Waals surface area contributed by atoms with Gasteiger partial charge in [0.1, 0.15) is 18.0 Å². The lowest BCUT2D eigenvalue weighted by molar-refractivity contribution is 0.187. The third-order valence-corrected chi connectivity index (χ3v) is 4.15. The molecule has 0 N–H and O–H groups in total. The zero-order chi connectivity index (χ0) is 17.6. The fourth-order valence-corrected chi connectivity index (χ4v) is 2.78. The number of methoxy groups -OCH3 is 2. The van der Waals surface area contributed by atoms with Crippen LogP contribution in [0.5, 0.6) is 5.88 Å². The number of likely N-dealkylation sites (N-methyl/N-ethyl adjacent to an activating group) is 1. The minimum Gasteiger partial charge on any atom is -0.481 e. The minimum absolute atomic E-state index is 0.559. The Hall–Kier alpha value is -2.67. The zero-order valence-corrected chi connectivity index (χ0v) is 14.8. The summed E-state index contributed by atoms with van der Waals surface area (Å²) in [6.07, 6.45) is 2.32. The highest BCUT2D eigenvalue weighted by Gasteiger charge is 2.12.